The Morgan fingerprint density at radius 3 is 2.24 bits per heavy atom. The molecule has 0 spiro atoms. The summed E-state index contributed by atoms with van der Waals surface area (Å²) in [7, 11) is 1.33. The van der Waals surface area contributed by atoms with Gasteiger partial charge in [-0.15, -0.1) is 13.2 Å². The molecular formula is C25H30F3NO5. The first-order valence-corrected chi connectivity index (χ1v) is 10.8. The van der Waals surface area contributed by atoms with E-state index in [1.807, 2.05) is 0 Å². The molecule has 2 aromatic rings. The molecule has 0 aliphatic heterocycles. The van der Waals surface area contributed by atoms with E-state index in [9.17, 15) is 22.8 Å². The van der Waals surface area contributed by atoms with Gasteiger partial charge in [0.05, 0.1) is 24.8 Å². The van der Waals surface area contributed by atoms with Crippen LogP contribution < -0.4 is 9.64 Å². The van der Waals surface area contributed by atoms with Crippen LogP contribution in [0.1, 0.15) is 43.4 Å². The zero-order valence-electron chi connectivity index (χ0n) is 20.0. The number of carbonyl (C=O) groups excluding carboxylic acids is 2. The Labute approximate surface area is 197 Å². The molecule has 0 fully saturated rings. The van der Waals surface area contributed by atoms with E-state index >= 15 is 0 Å². The normalized spacial score (nSPS) is 11.6. The van der Waals surface area contributed by atoms with E-state index in [1.54, 1.807) is 51.1 Å². The van der Waals surface area contributed by atoms with Gasteiger partial charge in [0.25, 0.3) is 0 Å². The first-order chi connectivity index (χ1) is 15.9. The van der Waals surface area contributed by atoms with Crippen LogP contribution in [0.3, 0.4) is 0 Å². The van der Waals surface area contributed by atoms with Crippen LogP contribution in [0, 0.1) is 19.3 Å². The minimum Gasteiger partial charge on any atom is -0.493 e. The summed E-state index contributed by atoms with van der Waals surface area (Å²) >= 11 is 0. The molecule has 2 rings (SSSR count). The Balaban J connectivity index is 2.12. The van der Waals surface area contributed by atoms with Gasteiger partial charge >= 0.3 is 18.4 Å². The fraction of sp³-hybridized carbons (Fsp3) is 0.440. The van der Waals surface area contributed by atoms with E-state index in [0.29, 0.717) is 29.7 Å². The predicted octanol–water partition coefficient (Wildman–Crippen LogP) is 6.32. The van der Waals surface area contributed by atoms with Crippen molar-refractivity contribution in [3.63, 3.8) is 0 Å². The third kappa shape index (κ3) is 7.13. The molecule has 0 aliphatic carbocycles. The number of alkyl halides is 3. The van der Waals surface area contributed by atoms with E-state index in [1.165, 1.54) is 26.2 Å². The number of nitrogens with zero attached hydrogens (tertiary/aromatic N) is 1. The van der Waals surface area contributed by atoms with E-state index in [4.69, 9.17) is 14.2 Å². The second kappa shape index (κ2) is 11.3. The van der Waals surface area contributed by atoms with Gasteiger partial charge in [0.15, 0.2) is 0 Å². The number of anilines is 1. The first-order valence-electron chi connectivity index (χ1n) is 10.8. The van der Waals surface area contributed by atoms with Gasteiger partial charge in [-0.2, -0.15) is 4.90 Å². The molecule has 0 bridgehead atoms. The molecule has 0 atom stereocenters. The minimum atomic E-state index is -4.98. The molecule has 186 valence electrons. The molecule has 6 nitrogen and oxygen atoms in total. The lowest BCUT2D eigenvalue weighted by Crippen LogP contribution is -2.43. The van der Waals surface area contributed by atoms with Gasteiger partial charge in [-0.25, -0.2) is 4.79 Å². The van der Waals surface area contributed by atoms with Crippen molar-refractivity contribution in [1.82, 2.24) is 0 Å². The standard InChI is InChI=1S/C25H30F3NO5/c1-17-15-21(33-13-9-12-24(3,4)22(30)32-5)18(2)14-20(17)29(25(26,27)28)23(31)34-16-19-10-7-6-8-11-19/h6-8,10-11,14-15H,9,12-13,16H2,1-5H3. The molecule has 0 saturated heterocycles. The van der Waals surface area contributed by atoms with E-state index < -0.39 is 17.8 Å². The van der Waals surface area contributed by atoms with Gasteiger partial charge in [0.1, 0.15) is 12.4 Å². The first kappa shape index (κ1) is 27.0. The number of carbonyl (C=O) groups is 2. The summed E-state index contributed by atoms with van der Waals surface area (Å²) in [6, 6.07) is 11.2. The van der Waals surface area contributed by atoms with E-state index in [2.05, 4.69) is 0 Å². The third-order valence-corrected chi connectivity index (χ3v) is 5.32. The van der Waals surface area contributed by atoms with Crippen molar-refractivity contribution >= 4 is 17.7 Å². The monoisotopic (exact) mass is 481 g/mol. The van der Waals surface area contributed by atoms with Crippen LogP contribution >= 0.6 is 0 Å². The highest BCUT2D eigenvalue weighted by Gasteiger charge is 2.44. The Morgan fingerprint density at radius 2 is 1.65 bits per heavy atom. The van der Waals surface area contributed by atoms with Crippen molar-refractivity contribution in [2.24, 2.45) is 5.41 Å². The summed E-state index contributed by atoms with van der Waals surface area (Å²) in [6.07, 6.45) is -5.43. The van der Waals surface area contributed by atoms with Gasteiger partial charge < -0.3 is 14.2 Å². The highest BCUT2D eigenvalue weighted by molar-refractivity contribution is 5.89. The summed E-state index contributed by atoms with van der Waals surface area (Å²) in [5.41, 5.74) is 0.204. The number of amides is 1. The lowest BCUT2D eigenvalue weighted by atomic mass is 9.88. The highest BCUT2D eigenvalue weighted by Crippen LogP contribution is 2.36. The van der Waals surface area contributed by atoms with Gasteiger partial charge in [-0.1, -0.05) is 30.3 Å². The molecule has 1 amide bonds. The molecule has 0 unspecified atom stereocenters. The summed E-state index contributed by atoms with van der Waals surface area (Å²) < 4.78 is 56.9. The maximum atomic E-state index is 13.8. The Morgan fingerprint density at radius 1 is 1.00 bits per heavy atom. The maximum absolute atomic E-state index is 13.8. The van der Waals surface area contributed by atoms with E-state index in [0.717, 1.165) is 0 Å². The number of ether oxygens (including phenoxy) is 3. The number of hydrogen-bond donors (Lipinski definition) is 0. The zero-order valence-corrected chi connectivity index (χ0v) is 20.0. The van der Waals surface area contributed by atoms with Gasteiger partial charge in [0.2, 0.25) is 0 Å². The maximum Gasteiger partial charge on any atom is 0.494 e. The molecule has 0 aliphatic rings. The fourth-order valence-corrected chi connectivity index (χ4v) is 3.37. The number of halogens is 3. The lowest BCUT2D eigenvalue weighted by molar-refractivity contribution is -0.151. The number of rotatable bonds is 9. The molecule has 9 heteroatoms. The highest BCUT2D eigenvalue weighted by atomic mass is 19.4. The molecule has 0 aromatic heterocycles. The number of methoxy groups -OCH3 is 1. The van der Waals surface area contributed by atoms with Crippen LogP contribution in [0.2, 0.25) is 0 Å². The number of hydrogen-bond acceptors (Lipinski definition) is 5. The summed E-state index contributed by atoms with van der Waals surface area (Å²) in [6.45, 7) is 6.58. The lowest BCUT2D eigenvalue weighted by Gasteiger charge is -2.27. The fourth-order valence-electron chi connectivity index (χ4n) is 3.37. The van der Waals surface area contributed by atoms with Crippen molar-refractivity contribution in [3.8, 4) is 5.75 Å². The molecule has 0 N–H and O–H groups in total. The number of aryl methyl sites for hydroxylation is 2. The Hall–Kier alpha value is -3.23. The van der Waals surface area contributed by atoms with Crippen molar-refractivity contribution < 1.29 is 37.0 Å². The summed E-state index contributed by atoms with van der Waals surface area (Å²) in [5, 5.41) is 0. The number of esters is 1. The third-order valence-electron chi connectivity index (χ3n) is 5.32. The average molecular weight is 482 g/mol. The summed E-state index contributed by atoms with van der Waals surface area (Å²) in [5.74, 6) is 0.0761. The van der Waals surface area contributed by atoms with Crippen LogP contribution in [0.25, 0.3) is 0 Å². The SMILES string of the molecule is COC(=O)C(C)(C)CCCOc1cc(C)c(N(C(=O)OCc2ccccc2)C(F)(F)F)cc1C. The average Bonchev–Trinajstić information content (AvgIpc) is 2.77. The Kier molecular flexibility index (Phi) is 8.95. The van der Waals surface area contributed by atoms with Crippen LogP contribution in [-0.2, 0) is 20.9 Å². The molecule has 2 aromatic carbocycles. The number of benzene rings is 2. The van der Waals surface area contributed by atoms with Crippen LogP contribution in [0.5, 0.6) is 5.75 Å². The predicted molar refractivity (Wildman–Crippen MR) is 122 cm³/mol. The zero-order chi connectivity index (χ0) is 25.5. The molecule has 34 heavy (non-hydrogen) atoms. The second-order valence-corrected chi connectivity index (χ2v) is 8.58. The molecule has 0 heterocycles. The van der Waals surface area contributed by atoms with E-state index in [-0.39, 0.29) is 35.3 Å². The molecule has 0 radical (unpaired) electrons. The van der Waals surface area contributed by atoms with Crippen LogP contribution in [0.4, 0.5) is 23.7 Å². The van der Waals surface area contributed by atoms with Gasteiger partial charge in [0, 0.05) is 0 Å². The van der Waals surface area contributed by atoms with Gasteiger partial charge in [-0.3, -0.25) is 4.79 Å². The Bertz CT molecular complexity index is 990. The smallest absolute Gasteiger partial charge is 0.493 e. The van der Waals surface area contributed by atoms with Crippen molar-refractivity contribution in [2.45, 2.75) is 53.4 Å². The van der Waals surface area contributed by atoms with Crippen LogP contribution in [-0.4, -0.2) is 32.1 Å². The second-order valence-electron chi connectivity index (χ2n) is 8.58. The summed E-state index contributed by atoms with van der Waals surface area (Å²) in [4.78, 5) is 23.9. The molecular weight excluding hydrogens is 451 g/mol. The minimum absolute atomic E-state index is 0.199. The topological polar surface area (TPSA) is 65.1 Å². The van der Waals surface area contributed by atoms with Crippen molar-refractivity contribution in [3.05, 3.63) is 59.2 Å². The quantitative estimate of drug-likeness (QED) is 0.238. The van der Waals surface area contributed by atoms with Crippen LogP contribution in [0.15, 0.2) is 42.5 Å². The van der Waals surface area contributed by atoms with Gasteiger partial charge in [-0.05, 0) is 69.4 Å². The van der Waals surface area contributed by atoms with Crippen molar-refractivity contribution in [2.75, 3.05) is 18.6 Å². The largest absolute Gasteiger partial charge is 0.494 e. The van der Waals surface area contributed by atoms with Crippen molar-refractivity contribution in [1.29, 1.82) is 0 Å². The molecule has 0 saturated carbocycles.